The van der Waals surface area contributed by atoms with Crippen molar-refractivity contribution in [3.8, 4) is 5.75 Å². The first-order valence-corrected chi connectivity index (χ1v) is 5.71. The predicted molar refractivity (Wildman–Crippen MR) is 70.2 cm³/mol. The minimum absolute atomic E-state index is 0. The zero-order valence-electron chi connectivity index (χ0n) is 9.94. The molecule has 17 heavy (non-hydrogen) atoms. The van der Waals surface area contributed by atoms with Crippen LogP contribution in [0.15, 0.2) is 24.3 Å². The molecule has 2 rings (SSSR count). The fraction of sp³-hybridized carbons (Fsp3) is 0.462. The van der Waals surface area contributed by atoms with Gasteiger partial charge in [0.15, 0.2) is 5.78 Å². The van der Waals surface area contributed by atoms with Crippen LogP contribution in [0, 0.1) is 5.92 Å². The summed E-state index contributed by atoms with van der Waals surface area (Å²) in [6, 6.07) is 7.43. The highest BCUT2D eigenvalue weighted by atomic mass is 35.5. The van der Waals surface area contributed by atoms with Crippen LogP contribution < -0.4 is 10.1 Å². The van der Waals surface area contributed by atoms with E-state index >= 15 is 0 Å². The van der Waals surface area contributed by atoms with Crippen LogP contribution in [0.5, 0.6) is 5.75 Å². The lowest BCUT2D eigenvalue weighted by atomic mass is 10.1. The van der Waals surface area contributed by atoms with E-state index in [1.807, 2.05) is 24.3 Å². The lowest BCUT2D eigenvalue weighted by molar-refractivity contribution is 0.101. The van der Waals surface area contributed by atoms with Crippen molar-refractivity contribution in [1.82, 2.24) is 5.32 Å². The van der Waals surface area contributed by atoms with E-state index in [0.29, 0.717) is 23.8 Å². The lowest BCUT2D eigenvalue weighted by Crippen LogP contribution is -2.16. The van der Waals surface area contributed by atoms with Gasteiger partial charge in [0.05, 0.1) is 12.2 Å². The summed E-state index contributed by atoms with van der Waals surface area (Å²) in [5.41, 5.74) is 0.674. The Balaban J connectivity index is 0.00000144. The fourth-order valence-electron chi connectivity index (χ4n) is 1.95. The lowest BCUT2D eigenvalue weighted by Gasteiger charge is -2.12. The van der Waals surface area contributed by atoms with Crippen molar-refractivity contribution in [3.05, 3.63) is 29.8 Å². The summed E-state index contributed by atoms with van der Waals surface area (Å²) in [5, 5.41) is 3.30. The van der Waals surface area contributed by atoms with Crippen molar-refractivity contribution in [2.45, 2.75) is 13.3 Å². The van der Waals surface area contributed by atoms with Crippen molar-refractivity contribution >= 4 is 18.2 Å². The average Bonchev–Trinajstić information content (AvgIpc) is 2.79. The van der Waals surface area contributed by atoms with Gasteiger partial charge in [0.2, 0.25) is 0 Å². The van der Waals surface area contributed by atoms with Gasteiger partial charge < -0.3 is 10.1 Å². The first-order chi connectivity index (χ1) is 7.77. The summed E-state index contributed by atoms with van der Waals surface area (Å²) in [5.74, 6) is 1.34. The molecule has 0 spiro atoms. The van der Waals surface area contributed by atoms with Gasteiger partial charge in [0, 0.05) is 12.5 Å². The molecular formula is C13H18ClNO2. The largest absolute Gasteiger partial charge is 0.492 e. The van der Waals surface area contributed by atoms with E-state index in [2.05, 4.69) is 5.32 Å². The Morgan fingerprint density at radius 2 is 2.24 bits per heavy atom. The first kappa shape index (κ1) is 14.0. The molecule has 0 radical (unpaired) electrons. The van der Waals surface area contributed by atoms with Gasteiger partial charge in [0.25, 0.3) is 0 Å². The number of para-hydroxylation sites is 1. The number of Topliss-reactive ketones (excluding diaryl/α,β-unsaturated/α-hetero) is 1. The molecule has 1 aliphatic rings. The number of rotatable bonds is 4. The van der Waals surface area contributed by atoms with Gasteiger partial charge in [-0.15, -0.1) is 12.4 Å². The fourth-order valence-corrected chi connectivity index (χ4v) is 1.95. The number of ketones is 1. The van der Waals surface area contributed by atoms with Crippen LogP contribution in [0.4, 0.5) is 0 Å². The second-order valence-electron chi connectivity index (χ2n) is 4.22. The Kier molecular flexibility index (Phi) is 5.45. The summed E-state index contributed by atoms with van der Waals surface area (Å²) < 4.78 is 5.72. The van der Waals surface area contributed by atoms with E-state index in [4.69, 9.17) is 4.74 Å². The molecule has 1 saturated heterocycles. The predicted octanol–water partition coefficient (Wildman–Crippen LogP) is 2.30. The van der Waals surface area contributed by atoms with Crippen molar-refractivity contribution in [2.24, 2.45) is 5.92 Å². The third kappa shape index (κ3) is 3.72. The molecule has 0 bridgehead atoms. The Morgan fingerprint density at radius 1 is 1.47 bits per heavy atom. The quantitative estimate of drug-likeness (QED) is 0.839. The van der Waals surface area contributed by atoms with Gasteiger partial charge in [-0.25, -0.2) is 0 Å². The van der Waals surface area contributed by atoms with Gasteiger partial charge in [-0.1, -0.05) is 12.1 Å². The van der Waals surface area contributed by atoms with Gasteiger partial charge in [-0.05, 0) is 32.0 Å². The average molecular weight is 256 g/mol. The summed E-state index contributed by atoms with van der Waals surface area (Å²) in [7, 11) is 0. The standard InChI is InChI=1S/C13H17NO2.ClH/c1-10(15)12-4-2-3-5-13(12)16-9-11-6-7-14-8-11;/h2-5,11,14H,6-9H2,1H3;1H. The topological polar surface area (TPSA) is 38.3 Å². The van der Waals surface area contributed by atoms with Gasteiger partial charge in [0.1, 0.15) is 5.75 Å². The number of halogens is 1. The number of carbonyl (C=O) groups excluding carboxylic acids is 1. The summed E-state index contributed by atoms with van der Waals surface area (Å²) in [6.45, 7) is 4.35. The Hall–Kier alpha value is -1.06. The number of hydrogen-bond donors (Lipinski definition) is 1. The van der Waals surface area contributed by atoms with Crippen molar-refractivity contribution in [1.29, 1.82) is 0 Å². The zero-order chi connectivity index (χ0) is 11.4. The number of hydrogen-bond acceptors (Lipinski definition) is 3. The van der Waals surface area contributed by atoms with Crippen molar-refractivity contribution < 1.29 is 9.53 Å². The molecule has 1 aromatic rings. The van der Waals surface area contributed by atoms with Crippen LogP contribution >= 0.6 is 12.4 Å². The monoisotopic (exact) mass is 255 g/mol. The maximum Gasteiger partial charge on any atom is 0.163 e. The molecule has 94 valence electrons. The Morgan fingerprint density at radius 3 is 2.88 bits per heavy atom. The normalized spacial score (nSPS) is 18.5. The number of carbonyl (C=O) groups is 1. The second-order valence-corrected chi connectivity index (χ2v) is 4.22. The molecule has 0 aliphatic carbocycles. The Labute approximate surface area is 108 Å². The third-order valence-electron chi connectivity index (χ3n) is 2.90. The third-order valence-corrected chi connectivity index (χ3v) is 2.90. The van der Waals surface area contributed by atoms with Crippen LogP contribution in [0.25, 0.3) is 0 Å². The maximum absolute atomic E-state index is 11.4. The zero-order valence-corrected chi connectivity index (χ0v) is 10.8. The maximum atomic E-state index is 11.4. The van der Waals surface area contributed by atoms with Gasteiger partial charge in [-0.3, -0.25) is 4.79 Å². The Bertz CT molecular complexity index is 375. The number of ether oxygens (including phenoxy) is 1. The molecule has 1 fully saturated rings. The smallest absolute Gasteiger partial charge is 0.163 e. The molecule has 0 amide bonds. The summed E-state index contributed by atoms with van der Waals surface area (Å²) in [4.78, 5) is 11.4. The second kappa shape index (κ2) is 6.62. The molecule has 1 N–H and O–H groups in total. The van der Waals surface area contributed by atoms with Crippen LogP contribution in [-0.2, 0) is 0 Å². The van der Waals surface area contributed by atoms with E-state index in [9.17, 15) is 4.79 Å². The molecule has 1 aliphatic heterocycles. The molecule has 1 unspecified atom stereocenters. The SMILES string of the molecule is CC(=O)c1ccccc1OCC1CCNC1.Cl. The van der Waals surface area contributed by atoms with Crippen LogP contribution in [0.3, 0.4) is 0 Å². The van der Waals surface area contributed by atoms with Crippen molar-refractivity contribution in [2.75, 3.05) is 19.7 Å². The molecule has 3 nitrogen and oxygen atoms in total. The van der Waals surface area contributed by atoms with Crippen LogP contribution in [-0.4, -0.2) is 25.5 Å². The van der Waals surface area contributed by atoms with E-state index < -0.39 is 0 Å². The minimum atomic E-state index is 0. The van der Waals surface area contributed by atoms with E-state index in [-0.39, 0.29) is 18.2 Å². The van der Waals surface area contributed by atoms with E-state index in [1.165, 1.54) is 0 Å². The highest BCUT2D eigenvalue weighted by molar-refractivity contribution is 5.96. The molecule has 1 atom stereocenters. The first-order valence-electron chi connectivity index (χ1n) is 5.71. The van der Waals surface area contributed by atoms with Crippen molar-refractivity contribution in [3.63, 3.8) is 0 Å². The van der Waals surface area contributed by atoms with E-state index in [1.54, 1.807) is 6.92 Å². The molecule has 0 aromatic heterocycles. The van der Waals surface area contributed by atoms with Gasteiger partial charge in [-0.2, -0.15) is 0 Å². The van der Waals surface area contributed by atoms with Crippen LogP contribution in [0.1, 0.15) is 23.7 Å². The van der Waals surface area contributed by atoms with E-state index in [0.717, 1.165) is 19.5 Å². The minimum Gasteiger partial charge on any atom is -0.492 e. The van der Waals surface area contributed by atoms with Gasteiger partial charge >= 0.3 is 0 Å². The molecule has 4 heteroatoms. The molecule has 0 saturated carbocycles. The van der Waals surface area contributed by atoms with Crippen LogP contribution in [0.2, 0.25) is 0 Å². The highest BCUT2D eigenvalue weighted by Crippen LogP contribution is 2.20. The molecule has 1 heterocycles. The molecular weight excluding hydrogens is 238 g/mol. The number of nitrogens with one attached hydrogen (secondary N) is 1. The summed E-state index contributed by atoms with van der Waals surface area (Å²) in [6.07, 6.45) is 1.15. The molecule has 1 aromatic carbocycles. The summed E-state index contributed by atoms with van der Waals surface area (Å²) >= 11 is 0. The highest BCUT2D eigenvalue weighted by Gasteiger charge is 2.16. The number of benzene rings is 1.